The normalized spacial score (nSPS) is 31.4. The van der Waals surface area contributed by atoms with Gasteiger partial charge in [-0.15, -0.1) is 11.3 Å². The van der Waals surface area contributed by atoms with Crippen LogP contribution in [0.4, 0.5) is 0 Å². The van der Waals surface area contributed by atoms with Crippen molar-refractivity contribution in [1.29, 1.82) is 0 Å². The van der Waals surface area contributed by atoms with Gasteiger partial charge in [-0.1, -0.05) is 50.4 Å². The molecule has 5 saturated carbocycles. The van der Waals surface area contributed by atoms with Crippen LogP contribution in [-0.4, -0.2) is 20.8 Å². The minimum absolute atomic E-state index is 0.135. The Labute approximate surface area is 249 Å². The van der Waals surface area contributed by atoms with Gasteiger partial charge in [-0.25, -0.2) is 4.98 Å². The van der Waals surface area contributed by atoms with Gasteiger partial charge < -0.3 is 14.4 Å². The first-order valence-electron chi connectivity index (χ1n) is 13.7. The second-order valence-electron chi connectivity index (χ2n) is 12.0. The predicted octanol–water partition coefficient (Wildman–Crippen LogP) is 8.88. The summed E-state index contributed by atoms with van der Waals surface area (Å²) in [5, 5.41) is 18.7. The van der Waals surface area contributed by atoms with Gasteiger partial charge in [0.2, 0.25) is 0 Å². The fourth-order valence-electron chi connectivity index (χ4n) is 7.78. The second kappa shape index (κ2) is 9.01. The molecule has 1 N–H and O–H groups in total. The number of rotatable bonds is 6. The molecule has 5 nitrogen and oxygen atoms in total. The maximum atomic E-state index is 12.3. The smallest absolute Gasteiger partial charge is 0.145 e. The van der Waals surface area contributed by atoms with E-state index < -0.39 is 5.60 Å². The maximum absolute atomic E-state index is 12.3. The van der Waals surface area contributed by atoms with E-state index in [-0.39, 0.29) is 17.4 Å². The lowest BCUT2D eigenvalue weighted by atomic mass is 9.48. The van der Waals surface area contributed by atoms with Crippen LogP contribution in [0.15, 0.2) is 45.4 Å². The topological polar surface area (TPSA) is 68.4 Å². The first kappa shape index (κ1) is 25.2. The van der Waals surface area contributed by atoms with Crippen LogP contribution < -0.4 is 0 Å². The number of nitrogens with zero attached hydrogens (tertiary/aromatic N) is 2. The summed E-state index contributed by atoms with van der Waals surface area (Å²) in [6, 6.07) is 11.6. The highest BCUT2D eigenvalue weighted by molar-refractivity contribution is 9.10. The van der Waals surface area contributed by atoms with Gasteiger partial charge in [0, 0.05) is 21.5 Å². The molecule has 2 aromatic heterocycles. The van der Waals surface area contributed by atoms with Crippen LogP contribution in [0.2, 0.25) is 10.0 Å². The summed E-state index contributed by atoms with van der Waals surface area (Å²) in [6.07, 6.45) is 6.96. The fourth-order valence-corrected chi connectivity index (χ4v) is 10.1. The molecule has 39 heavy (non-hydrogen) atoms. The summed E-state index contributed by atoms with van der Waals surface area (Å²) < 4.78 is 15.0. The van der Waals surface area contributed by atoms with Crippen molar-refractivity contribution in [2.75, 3.05) is 0 Å². The molecule has 5 aliphatic rings. The molecule has 0 saturated heterocycles. The lowest BCUT2D eigenvalue weighted by Gasteiger charge is -2.62. The average Bonchev–Trinajstić information content (AvgIpc) is 3.52. The highest BCUT2D eigenvalue weighted by Gasteiger charge is 2.64. The molecule has 4 bridgehead atoms. The number of aromatic nitrogens is 2. The van der Waals surface area contributed by atoms with Crippen molar-refractivity contribution in [2.45, 2.75) is 68.7 Å². The minimum atomic E-state index is -0.896. The Bertz CT molecular complexity index is 1580. The Morgan fingerprint density at radius 1 is 1.08 bits per heavy atom. The minimum Gasteiger partial charge on any atom is -0.382 e. The number of benzene rings is 2. The van der Waals surface area contributed by atoms with E-state index in [1.165, 1.54) is 0 Å². The molecule has 202 valence electrons. The number of thiazole rings is 1. The van der Waals surface area contributed by atoms with E-state index in [1.807, 2.05) is 30.3 Å². The lowest BCUT2D eigenvalue weighted by Crippen LogP contribution is -2.62. The van der Waals surface area contributed by atoms with Crippen LogP contribution in [-0.2, 0) is 16.9 Å². The molecule has 4 aromatic rings. The number of fused-ring (bicyclic) bond motifs is 1. The molecule has 2 aromatic carbocycles. The third-order valence-corrected chi connectivity index (χ3v) is 11.8. The molecule has 5 atom stereocenters. The van der Waals surface area contributed by atoms with Gasteiger partial charge >= 0.3 is 0 Å². The quantitative estimate of drug-likeness (QED) is 0.227. The van der Waals surface area contributed by atoms with Gasteiger partial charge in [-0.05, 0) is 93.0 Å². The first-order valence-corrected chi connectivity index (χ1v) is 16.1. The van der Waals surface area contributed by atoms with Gasteiger partial charge in [0.05, 0.1) is 32.5 Å². The van der Waals surface area contributed by atoms with Gasteiger partial charge in [0.15, 0.2) is 0 Å². The van der Waals surface area contributed by atoms with Crippen molar-refractivity contribution >= 4 is 60.7 Å². The first-order chi connectivity index (χ1) is 18.8. The molecule has 5 aliphatic carbocycles. The van der Waals surface area contributed by atoms with Crippen molar-refractivity contribution in [3.63, 3.8) is 0 Å². The second-order valence-corrected chi connectivity index (χ2v) is 14.8. The van der Waals surface area contributed by atoms with Crippen LogP contribution in [0.5, 0.6) is 0 Å². The number of halogens is 3. The number of hydrogen-bond acceptors (Lipinski definition) is 6. The largest absolute Gasteiger partial charge is 0.382 e. The zero-order valence-corrected chi connectivity index (χ0v) is 25.0. The van der Waals surface area contributed by atoms with E-state index in [9.17, 15) is 5.11 Å². The van der Waals surface area contributed by atoms with Gasteiger partial charge in [0.25, 0.3) is 0 Å². The van der Waals surface area contributed by atoms with Crippen molar-refractivity contribution < 1.29 is 14.4 Å². The Morgan fingerprint density at radius 2 is 1.82 bits per heavy atom. The van der Waals surface area contributed by atoms with Crippen LogP contribution in [0.3, 0.4) is 0 Å². The summed E-state index contributed by atoms with van der Waals surface area (Å²) in [4.78, 5) is 4.94. The number of aliphatic hydroxyl groups is 1. The average molecular weight is 646 g/mol. The summed E-state index contributed by atoms with van der Waals surface area (Å²) in [7, 11) is 0. The summed E-state index contributed by atoms with van der Waals surface area (Å²) in [5.74, 6) is 2.12. The standard InChI is InChI=1S/C30H27BrCl2N2O3S/c31-19-6-7-23-24(10-19)39-28(34-23)30(36)17-8-15-9-18(30)13-29(11-15,12-17)37-14-20-26(35-38-27(20)16-4-5-16)25-21(32)2-1-3-22(25)33/h1-3,6-7,10,15-18,36H,4-5,8-9,11-14H2/t15-,17+,18-,29+,30-. The van der Waals surface area contributed by atoms with E-state index >= 15 is 0 Å². The van der Waals surface area contributed by atoms with Crippen LogP contribution >= 0.6 is 50.5 Å². The Hall–Kier alpha value is -1.48. The summed E-state index contributed by atoms with van der Waals surface area (Å²) >= 11 is 18.4. The third-order valence-electron chi connectivity index (χ3n) is 9.56. The Kier molecular flexibility index (Phi) is 5.83. The highest BCUT2D eigenvalue weighted by atomic mass is 79.9. The van der Waals surface area contributed by atoms with Crippen molar-refractivity contribution in [1.82, 2.24) is 10.1 Å². The zero-order chi connectivity index (χ0) is 26.5. The summed E-state index contributed by atoms with van der Waals surface area (Å²) in [5.41, 5.74) is 2.16. The zero-order valence-electron chi connectivity index (χ0n) is 21.1. The van der Waals surface area contributed by atoms with Crippen LogP contribution in [0, 0.1) is 17.8 Å². The monoisotopic (exact) mass is 644 g/mol. The molecule has 9 heteroatoms. The van der Waals surface area contributed by atoms with Gasteiger partial charge in [-0.2, -0.15) is 0 Å². The van der Waals surface area contributed by atoms with Crippen LogP contribution in [0.25, 0.3) is 21.5 Å². The fraction of sp³-hybridized carbons (Fsp3) is 0.467. The van der Waals surface area contributed by atoms with Crippen LogP contribution in [0.1, 0.15) is 67.2 Å². The molecular formula is C30H27BrCl2N2O3S. The van der Waals surface area contributed by atoms with E-state index in [4.69, 9.17) is 37.4 Å². The molecular weight excluding hydrogens is 619 g/mol. The van der Waals surface area contributed by atoms with E-state index in [1.54, 1.807) is 11.3 Å². The van der Waals surface area contributed by atoms with Gasteiger partial charge in [0.1, 0.15) is 22.1 Å². The Morgan fingerprint density at radius 3 is 2.54 bits per heavy atom. The molecule has 0 amide bonds. The molecule has 0 aliphatic heterocycles. The van der Waals surface area contributed by atoms with Crippen molar-refractivity contribution in [3.05, 3.63) is 67.2 Å². The van der Waals surface area contributed by atoms with E-state index in [0.29, 0.717) is 39.7 Å². The number of ether oxygens (including phenoxy) is 1. The van der Waals surface area contributed by atoms with E-state index in [0.717, 1.165) is 76.0 Å². The highest BCUT2D eigenvalue weighted by Crippen LogP contribution is 2.65. The molecule has 5 fully saturated rings. The lowest BCUT2D eigenvalue weighted by molar-refractivity contribution is -0.250. The molecule has 9 rings (SSSR count). The van der Waals surface area contributed by atoms with Crippen molar-refractivity contribution in [2.24, 2.45) is 17.8 Å². The summed E-state index contributed by atoms with van der Waals surface area (Å²) in [6.45, 7) is 0.409. The molecule has 0 radical (unpaired) electrons. The van der Waals surface area contributed by atoms with E-state index in [2.05, 4.69) is 27.2 Å². The number of hydrogen-bond donors (Lipinski definition) is 1. The Balaban J connectivity index is 1.11. The van der Waals surface area contributed by atoms with Gasteiger partial charge in [-0.3, -0.25) is 0 Å². The molecule has 0 spiro atoms. The molecule has 2 heterocycles. The molecule has 0 unspecified atom stereocenters. The SMILES string of the molecule is O[C@@]1(c2nc3ccc(Br)cc3s2)[C@@H]2C[C@H]3C[C@H]1C[C@@](OCc1c(-c4c(Cl)cccc4Cl)noc1C1CC1)(C3)C2. The third kappa shape index (κ3) is 3.98. The predicted molar refractivity (Wildman–Crippen MR) is 156 cm³/mol. The maximum Gasteiger partial charge on any atom is 0.145 e. The van der Waals surface area contributed by atoms with Crippen molar-refractivity contribution in [3.8, 4) is 11.3 Å².